The van der Waals surface area contributed by atoms with E-state index in [0.717, 1.165) is 11.4 Å². The minimum atomic E-state index is -0.711. The molecule has 0 spiro atoms. The molecule has 0 atom stereocenters. The molecular weight excluding hydrogens is 330 g/mol. The second kappa shape index (κ2) is 7.96. The van der Waals surface area contributed by atoms with Crippen LogP contribution in [0.15, 0.2) is 18.2 Å². The van der Waals surface area contributed by atoms with Gasteiger partial charge in [-0.15, -0.1) is 6.42 Å². The first-order valence-electron chi connectivity index (χ1n) is 8.55. The molecule has 2 aromatic rings. The zero-order valence-corrected chi connectivity index (χ0v) is 15.5. The molecule has 1 heterocycles. The number of rotatable bonds is 6. The first-order valence-corrected chi connectivity index (χ1v) is 8.55. The van der Waals surface area contributed by atoms with E-state index in [2.05, 4.69) is 21.2 Å². The maximum Gasteiger partial charge on any atom is 0.338 e. The maximum absolute atomic E-state index is 12.2. The van der Waals surface area contributed by atoms with Gasteiger partial charge in [-0.25, -0.2) is 14.8 Å². The fourth-order valence-corrected chi connectivity index (χ4v) is 2.54. The summed E-state index contributed by atoms with van der Waals surface area (Å²) in [4.78, 5) is 33.1. The van der Waals surface area contributed by atoms with Crippen molar-refractivity contribution in [3.05, 3.63) is 35.2 Å². The lowest BCUT2D eigenvalue weighted by molar-refractivity contribution is -0.125. The number of fused-ring (bicyclic) bond motifs is 1. The van der Waals surface area contributed by atoms with E-state index in [1.54, 1.807) is 18.2 Å². The molecule has 6 nitrogen and oxygen atoms in total. The summed E-state index contributed by atoms with van der Waals surface area (Å²) in [6, 6.07) is 4.93. The van der Waals surface area contributed by atoms with E-state index in [0.29, 0.717) is 29.4 Å². The number of terminal acetylenes is 1. The summed E-state index contributed by atoms with van der Waals surface area (Å²) < 4.78 is 5.10. The molecule has 2 rings (SSSR count). The summed E-state index contributed by atoms with van der Waals surface area (Å²) in [6.45, 7) is 7.14. The average molecular weight is 353 g/mol. The molecule has 0 aliphatic rings. The monoisotopic (exact) mass is 353 g/mol. The number of aromatic nitrogens is 2. The molecule has 0 saturated carbocycles. The quantitative estimate of drug-likeness (QED) is 0.638. The summed E-state index contributed by atoms with van der Waals surface area (Å²) >= 11 is 0. The van der Waals surface area contributed by atoms with Crippen molar-refractivity contribution in [1.82, 2.24) is 15.3 Å². The van der Waals surface area contributed by atoms with Gasteiger partial charge in [0.2, 0.25) is 0 Å². The van der Waals surface area contributed by atoms with Gasteiger partial charge in [0, 0.05) is 0 Å². The van der Waals surface area contributed by atoms with Crippen LogP contribution in [0.1, 0.15) is 48.4 Å². The third-order valence-corrected chi connectivity index (χ3v) is 4.51. The van der Waals surface area contributed by atoms with Crippen molar-refractivity contribution < 1.29 is 14.3 Å². The SMILES string of the molecule is C#CC(CC)(CC)NC(=O)COC(=O)c1ccc2nc(C)c(C)nc2c1. The van der Waals surface area contributed by atoms with Gasteiger partial charge in [-0.3, -0.25) is 4.79 Å². The fourth-order valence-electron chi connectivity index (χ4n) is 2.54. The largest absolute Gasteiger partial charge is 0.452 e. The van der Waals surface area contributed by atoms with Gasteiger partial charge in [0.05, 0.1) is 28.0 Å². The Morgan fingerprint density at radius 2 is 1.77 bits per heavy atom. The van der Waals surface area contributed by atoms with Crippen LogP contribution < -0.4 is 5.32 Å². The highest BCUT2D eigenvalue weighted by Gasteiger charge is 2.25. The van der Waals surface area contributed by atoms with Crippen LogP contribution in [0.3, 0.4) is 0 Å². The number of ether oxygens (including phenoxy) is 1. The smallest absolute Gasteiger partial charge is 0.338 e. The predicted molar refractivity (Wildman–Crippen MR) is 99.6 cm³/mol. The molecule has 0 aliphatic heterocycles. The van der Waals surface area contributed by atoms with E-state index in [1.165, 1.54) is 0 Å². The van der Waals surface area contributed by atoms with Gasteiger partial charge in [-0.2, -0.15) is 0 Å². The second-order valence-corrected chi connectivity index (χ2v) is 6.16. The Labute approximate surface area is 153 Å². The summed E-state index contributed by atoms with van der Waals surface area (Å²) in [6.07, 6.45) is 6.71. The molecular formula is C20H23N3O3. The van der Waals surface area contributed by atoms with Gasteiger partial charge < -0.3 is 10.1 Å². The van der Waals surface area contributed by atoms with Gasteiger partial charge in [0.1, 0.15) is 5.54 Å². The standard InChI is InChI=1S/C20H23N3O3/c1-6-20(7-2,8-3)23-18(24)12-26-19(25)15-9-10-16-17(11-15)22-14(5)13(4)21-16/h1,9-11H,7-8,12H2,2-5H3,(H,23,24). The molecule has 0 bridgehead atoms. The Morgan fingerprint density at radius 1 is 1.15 bits per heavy atom. The molecule has 1 amide bonds. The Hall–Kier alpha value is -2.94. The second-order valence-electron chi connectivity index (χ2n) is 6.16. The maximum atomic E-state index is 12.2. The van der Waals surface area contributed by atoms with E-state index in [9.17, 15) is 9.59 Å². The van der Waals surface area contributed by atoms with Crippen LogP contribution in [0.25, 0.3) is 11.0 Å². The number of benzene rings is 1. The summed E-state index contributed by atoms with van der Waals surface area (Å²) in [5.74, 6) is 1.59. The number of hydrogen-bond acceptors (Lipinski definition) is 5. The van der Waals surface area contributed by atoms with Crippen LogP contribution in [0.5, 0.6) is 0 Å². The average Bonchev–Trinajstić information content (AvgIpc) is 2.65. The molecule has 1 aromatic heterocycles. The van der Waals surface area contributed by atoms with E-state index in [-0.39, 0.29) is 6.61 Å². The zero-order valence-electron chi connectivity index (χ0n) is 15.5. The van der Waals surface area contributed by atoms with Crippen LogP contribution in [0, 0.1) is 26.2 Å². The van der Waals surface area contributed by atoms with Gasteiger partial charge in [0.15, 0.2) is 6.61 Å². The Morgan fingerprint density at radius 3 is 2.35 bits per heavy atom. The molecule has 0 unspecified atom stereocenters. The number of carbonyl (C=O) groups excluding carboxylic acids is 2. The van der Waals surface area contributed by atoms with E-state index < -0.39 is 17.4 Å². The Kier molecular flexibility index (Phi) is 5.93. The molecule has 0 aliphatic carbocycles. The first kappa shape index (κ1) is 19.4. The highest BCUT2D eigenvalue weighted by atomic mass is 16.5. The van der Waals surface area contributed by atoms with Crippen LogP contribution in [-0.2, 0) is 9.53 Å². The number of amides is 1. The topological polar surface area (TPSA) is 81.2 Å². The first-order chi connectivity index (χ1) is 12.3. The lowest BCUT2D eigenvalue weighted by atomic mass is 9.94. The molecule has 136 valence electrons. The molecule has 6 heteroatoms. The summed E-state index contributed by atoms with van der Waals surface area (Å²) in [5, 5.41) is 2.76. The highest BCUT2D eigenvalue weighted by Crippen LogP contribution is 2.16. The van der Waals surface area contributed by atoms with Gasteiger partial charge in [0.25, 0.3) is 5.91 Å². The van der Waals surface area contributed by atoms with E-state index in [1.807, 2.05) is 27.7 Å². The number of nitrogens with zero attached hydrogens (tertiary/aromatic N) is 2. The van der Waals surface area contributed by atoms with Crippen molar-refractivity contribution in [2.24, 2.45) is 0 Å². The number of carbonyl (C=O) groups is 2. The van der Waals surface area contributed by atoms with Crippen molar-refractivity contribution in [3.8, 4) is 12.3 Å². The molecule has 0 radical (unpaired) electrons. The minimum Gasteiger partial charge on any atom is -0.452 e. The third kappa shape index (κ3) is 4.17. The van der Waals surface area contributed by atoms with Crippen molar-refractivity contribution in [3.63, 3.8) is 0 Å². The molecule has 0 fully saturated rings. The Balaban J connectivity index is 2.06. The predicted octanol–water partition coefficient (Wildman–Crippen LogP) is 2.71. The fraction of sp³-hybridized carbons (Fsp3) is 0.400. The molecule has 1 N–H and O–H groups in total. The molecule has 1 aromatic carbocycles. The van der Waals surface area contributed by atoms with Crippen molar-refractivity contribution in [2.75, 3.05) is 6.61 Å². The zero-order chi connectivity index (χ0) is 19.3. The van der Waals surface area contributed by atoms with Gasteiger partial charge >= 0.3 is 5.97 Å². The van der Waals surface area contributed by atoms with Crippen LogP contribution in [0.2, 0.25) is 0 Å². The number of nitrogens with one attached hydrogen (secondary N) is 1. The Bertz CT molecular complexity index is 880. The van der Waals surface area contributed by atoms with Gasteiger partial charge in [-0.05, 0) is 44.9 Å². The minimum absolute atomic E-state index is 0.317. The van der Waals surface area contributed by atoms with E-state index in [4.69, 9.17) is 11.2 Å². The van der Waals surface area contributed by atoms with Crippen LogP contribution in [0.4, 0.5) is 0 Å². The summed E-state index contributed by atoms with van der Waals surface area (Å²) in [5.41, 5.74) is 2.55. The molecule has 0 saturated heterocycles. The lowest BCUT2D eigenvalue weighted by Gasteiger charge is -2.26. The number of hydrogen-bond donors (Lipinski definition) is 1. The van der Waals surface area contributed by atoms with E-state index >= 15 is 0 Å². The van der Waals surface area contributed by atoms with Crippen LogP contribution in [-0.4, -0.2) is 34.0 Å². The number of esters is 1. The molecule has 26 heavy (non-hydrogen) atoms. The van der Waals surface area contributed by atoms with Crippen molar-refractivity contribution >= 4 is 22.9 Å². The van der Waals surface area contributed by atoms with Crippen molar-refractivity contribution in [1.29, 1.82) is 0 Å². The highest BCUT2D eigenvalue weighted by molar-refractivity contribution is 5.94. The van der Waals surface area contributed by atoms with Crippen molar-refractivity contribution in [2.45, 2.75) is 46.1 Å². The van der Waals surface area contributed by atoms with Gasteiger partial charge in [-0.1, -0.05) is 19.8 Å². The van der Waals surface area contributed by atoms with Crippen LogP contribution >= 0.6 is 0 Å². The normalized spacial score (nSPS) is 11.0. The number of aryl methyl sites for hydroxylation is 2. The third-order valence-electron chi connectivity index (χ3n) is 4.51. The lowest BCUT2D eigenvalue weighted by Crippen LogP contribution is -2.48. The summed E-state index contributed by atoms with van der Waals surface area (Å²) in [7, 11) is 0.